The van der Waals surface area contributed by atoms with Crippen LogP contribution in [-0.4, -0.2) is 13.6 Å². The van der Waals surface area contributed by atoms with Gasteiger partial charge in [-0.3, -0.25) is 0 Å². The van der Waals surface area contributed by atoms with Crippen molar-refractivity contribution in [1.82, 2.24) is 5.32 Å². The molecule has 0 saturated carbocycles. The Kier molecular flexibility index (Phi) is 5.68. The SMILES string of the molecule is CNCC(F)c1ccccc1.Cl. The minimum atomic E-state index is -0.888. The highest BCUT2D eigenvalue weighted by molar-refractivity contribution is 5.85. The van der Waals surface area contributed by atoms with Crippen LogP contribution < -0.4 is 5.32 Å². The Bertz CT molecular complexity index is 203. The molecule has 0 aliphatic heterocycles. The molecule has 0 fully saturated rings. The molecule has 0 aliphatic carbocycles. The second kappa shape index (κ2) is 5.98. The van der Waals surface area contributed by atoms with E-state index < -0.39 is 6.17 Å². The summed E-state index contributed by atoms with van der Waals surface area (Å²) in [6.07, 6.45) is -0.888. The lowest BCUT2D eigenvalue weighted by Crippen LogP contribution is -2.13. The lowest BCUT2D eigenvalue weighted by Gasteiger charge is -2.06. The molecule has 0 bridgehead atoms. The fraction of sp³-hybridized carbons (Fsp3) is 0.333. The van der Waals surface area contributed by atoms with Crippen molar-refractivity contribution < 1.29 is 4.39 Å². The van der Waals surface area contributed by atoms with Crippen molar-refractivity contribution in [1.29, 1.82) is 0 Å². The summed E-state index contributed by atoms with van der Waals surface area (Å²) in [5, 5.41) is 2.79. The van der Waals surface area contributed by atoms with Gasteiger partial charge in [-0.25, -0.2) is 4.39 Å². The molecule has 0 aromatic heterocycles. The topological polar surface area (TPSA) is 12.0 Å². The van der Waals surface area contributed by atoms with E-state index in [0.717, 1.165) is 5.56 Å². The van der Waals surface area contributed by atoms with Gasteiger partial charge in [0.15, 0.2) is 0 Å². The first-order valence-electron chi connectivity index (χ1n) is 3.68. The standard InChI is InChI=1S/C9H12FN.ClH/c1-11-7-9(10)8-5-3-2-4-6-8;/h2-6,9,11H,7H2,1H3;1H. The second-order valence-electron chi connectivity index (χ2n) is 2.44. The van der Waals surface area contributed by atoms with Crippen molar-refractivity contribution in [2.45, 2.75) is 6.17 Å². The first-order valence-corrected chi connectivity index (χ1v) is 3.68. The van der Waals surface area contributed by atoms with Gasteiger partial charge in [0.2, 0.25) is 0 Å². The predicted molar refractivity (Wildman–Crippen MR) is 51.5 cm³/mol. The van der Waals surface area contributed by atoms with Crippen molar-refractivity contribution in [3.63, 3.8) is 0 Å². The van der Waals surface area contributed by atoms with Crippen molar-refractivity contribution in [3.8, 4) is 0 Å². The van der Waals surface area contributed by atoms with Crippen LogP contribution in [0.5, 0.6) is 0 Å². The zero-order valence-corrected chi connectivity index (χ0v) is 7.77. The summed E-state index contributed by atoms with van der Waals surface area (Å²) in [6.45, 7) is 0.379. The van der Waals surface area contributed by atoms with Gasteiger partial charge in [0, 0.05) is 6.54 Å². The highest BCUT2D eigenvalue weighted by Gasteiger charge is 2.05. The van der Waals surface area contributed by atoms with E-state index in [0.29, 0.717) is 6.54 Å². The van der Waals surface area contributed by atoms with Gasteiger partial charge in [-0.15, -0.1) is 12.4 Å². The van der Waals surface area contributed by atoms with E-state index in [9.17, 15) is 4.39 Å². The van der Waals surface area contributed by atoms with Gasteiger partial charge in [0.05, 0.1) is 0 Å². The molecule has 1 N–H and O–H groups in total. The summed E-state index contributed by atoms with van der Waals surface area (Å²) in [7, 11) is 1.75. The third-order valence-corrected chi connectivity index (χ3v) is 1.54. The van der Waals surface area contributed by atoms with E-state index in [1.165, 1.54) is 0 Å². The fourth-order valence-electron chi connectivity index (χ4n) is 0.959. The monoisotopic (exact) mass is 189 g/mol. The first-order chi connectivity index (χ1) is 5.34. The van der Waals surface area contributed by atoms with Crippen LogP contribution in [0.15, 0.2) is 30.3 Å². The maximum atomic E-state index is 13.1. The molecule has 0 heterocycles. The van der Waals surface area contributed by atoms with E-state index in [1.807, 2.05) is 18.2 Å². The van der Waals surface area contributed by atoms with Crippen LogP contribution in [0.1, 0.15) is 11.7 Å². The highest BCUT2D eigenvalue weighted by atomic mass is 35.5. The lowest BCUT2D eigenvalue weighted by atomic mass is 10.1. The maximum absolute atomic E-state index is 13.1. The summed E-state index contributed by atoms with van der Waals surface area (Å²) in [5.74, 6) is 0. The lowest BCUT2D eigenvalue weighted by molar-refractivity contribution is 0.335. The molecule has 1 atom stereocenters. The van der Waals surface area contributed by atoms with E-state index in [1.54, 1.807) is 19.2 Å². The number of hydrogen-bond acceptors (Lipinski definition) is 1. The van der Waals surface area contributed by atoms with Crippen LogP contribution in [0, 0.1) is 0 Å². The number of benzene rings is 1. The summed E-state index contributed by atoms with van der Waals surface area (Å²) in [5.41, 5.74) is 0.738. The molecule has 0 saturated heterocycles. The number of halogens is 2. The molecular formula is C9H13ClFN. The van der Waals surface area contributed by atoms with Crippen LogP contribution in [0.2, 0.25) is 0 Å². The van der Waals surface area contributed by atoms with Gasteiger partial charge < -0.3 is 5.32 Å². The highest BCUT2D eigenvalue weighted by Crippen LogP contribution is 2.14. The van der Waals surface area contributed by atoms with Gasteiger partial charge in [0.25, 0.3) is 0 Å². The Labute approximate surface area is 78.4 Å². The quantitative estimate of drug-likeness (QED) is 0.770. The van der Waals surface area contributed by atoms with E-state index in [4.69, 9.17) is 0 Å². The smallest absolute Gasteiger partial charge is 0.137 e. The minimum Gasteiger partial charge on any atom is -0.317 e. The summed E-state index contributed by atoms with van der Waals surface area (Å²) < 4.78 is 13.1. The number of rotatable bonds is 3. The van der Waals surface area contributed by atoms with Gasteiger partial charge >= 0.3 is 0 Å². The maximum Gasteiger partial charge on any atom is 0.137 e. The second-order valence-corrected chi connectivity index (χ2v) is 2.44. The summed E-state index contributed by atoms with van der Waals surface area (Å²) >= 11 is 0. The van der Waals surface area contributed by atoms with Gasteiger partial charge in [-0.2, -0.15) is 0 Å². The third-order valence-electron chi connectivity index (χ3n) is 1.54. The molecule has 68 valence electrons. The molecule has 0 radical (unpaired) electrons. The molecular weight excluding hydrogens is 177 g/mol. The van der Waals surface area contributed by atoms with Crippen LogP contribution >= 0.6 is 12.4 Å². The van der Waals surface area contributed by atoms with Crippen molar-refractivity contribution in [3.05, 3.63) is 35.9 Å². The first kappa shape index (κ1) is 11.4. The summed E-state index contributed by atoms with van der Waals surface area (Å²) in [4.78, 5) is 0. The normalized spacial score (nSPS) is 11.8. The van der Waals surface area contributed by atoms with E-state index in [2.05, 4.69) is 5.32 Å². The molecule has 3 heteroatoms. The zero-order valence-electron chi connectivity index (χ0n) is 6.96. The van der Waals surface area contributed by atoms with E-state index in [-0.39, 0.29) is 12.4 Å². The Hall–Kier alpha value is -0.600. The Morgan fingerprint density at radius 3 is 2.42 bits per heavy atom. The van der Waals surface area contributed by atoms with Crippen LogP contribution in [0.4, 0.5) is 4.39 Å². The van der Waals surface area contributed by atoms with Crippen LogP contribution in [0.3, 0.4) is 0 Å². The number of likely N-dealkylation sites (N-methyl/N-ethyl adjacent to an activating group) is 1. The van der Waals surface area contributed by atoms with Crippen LogP contribution in [-0.2, 0) is 0 Å². The molecule has 1 unspecified atom stereocenters. The average molecular weight is 190 g/mol. The van der Waals surface area contributed by atoms with Crippen LogP contribution in [0.25, 0.3) is 0 Å². The number of hydrogen-bond donors (Lipinski definition) is 1. The zero-order chi connectivity index (χ0) is 8.10. The van der Waals surface area contributed by atoms with Crippen molar-refractivity contribution >= 4 is 12.4 Å². The number of alkyl halides is 1. The van der Waals surface area contributed by atoms with Gasteiger partial charge in [-0.1, -0.05) is 30.3 Å². The predicted octanol–water partition coefficient (Wildman–Crippen LogP) is 2.34. The molecule has 0 aliphatic rings. The largest absolute Gasteiger partial charge is 0.317 e. The molecule has 0 spiro atoms. The Morgan fingerprint density at radius 2 is 1.92 bits per heavy atom. The average Bonchev–Trinajstić information content (AvgIpc) is 2.07. The number of nitrogens with one attached hydrogen (secondary N) is 1. The minimum absolute atomic E-state index is 0. The summed E-state index contributed by atoms with van der Waals surface area (Å²) in [6, 6.07) is 9.16. The Morgan fingerprint density at radius 1 is 1.33 bits per heavy atom. The fourth-order valence-corrected chi connectivity index (χ4v) is 0.959. The van der Waals surface area contributed by atoms with Gasteiger partial charge in [0.1, 0.15) is 6.17 Å². The van der Waals surface area contributed by atoms with Crippen molar-refractivity contribution in [2.75, 3.05) is 13.6 Å². The van der Waals surface area contributed by atoms with E-state index >= 15 is 0 Å². The molecule has 1 nitrogen and oxygen atoms in total. The Balaban J connectivity index is 0.00000121. The van der Waals surface area contributed by atoms with Crippen molar-refractivity contribution in [2.24, 2.45) is 0 Å². The molecule has 0 amide bonds. The molecule has 1 rings (SSSR count). The molecule has 1 aromatic carbocycles. The van der Waals surface area contributed by atoms with Gasteiger partial charge in [-0.05, 0) is 12.6 Å². The third kappa shape index (κ3) is 3.20. The molecule has 12 heavy (non-hydrogen) atoms. The molecule has 1 aromatic rings.